The Bertz CT molecular complexity index is 519. The van der Waals surface area contributed by atoms with Crippen molar-refractivity contribution in [3.8, 4) is 0 Å². The summed E-state index contributed by atoms with van der Waals surface area (Å²) in [6.45, 7) is 1.05. The highest BCUT2D eigenvalue weighted by Crippen LogP contribution is 2.15. The van der Waals surface area contributed by atoms with Crippen LogP contribution < -0.4 is 5.32 Å². The molecular formula is C13H16F2N2O3. The van der Waals surface area contributed by atoms with Crippen LogP contribution in [-0.2, 0) is 0 Å². The third-order valence-corrected chi connectivity index (χ3v) is 2.60. The van der Waals surface area contributed by atoms with E-state index in [0.717, 1.165) is 6.54 Å². The van der Waals surface area contributed by atoms with Crippen molar-refractivity contribution in [3.05, 3.63) is 34.9 Å². The van der Waals surface area contributed by atoms with Crippen molar-refractivity contribution in [2.45, 2.75) is 6.42 Å². The van der Waals surface area contributed by atoms with Crippen LogP contribution in [-0.4, -0.2) is 49.1 Å². The van der Waals surface area contributed by atoms with E-state index in [2.05, 4.69) is 5.32 Å². The number of carbonyl (C=O) groups is 2. The van der Waals surface area contributed by atoms with Gasteiger partial charge in [-0.25, -0.2) is 13.6 Å². The maximum absolute atomic E-state index is 13.1. The molecule has 0 saturated heterocycles. The lowest BCUT2D eigenvalue weighted by Gasteiger charge is -2.11. The first kappa shape index (κ1) is 16.0. The summed E-state index contributed by atoms with van der Waals surface area (Å²) in [5.41, 5.74) is -0.949. The quantitative estimate of drug-likeness (QED) is 0.774. The minimum atomic E-state index is -1.48. The van der Waals surface area contributed by atoms with Crippen molar-refractivity contribution in [1.82, 2.24) is 10.2 Å². The molecular weight excluding hydrogens is 270 g/mol. The van der Waals surface area contributed by atoms with E-state index in [-0.39, 0.29) is 5.56 Å². The number of halogens is 2. The number of benzene rings is 1. The lowest BCUT2D eigenvalue weighted by Crippen LogP contribution is -2.28. The van der Waals surface area contributed by atoms with Gasteiger partial charge in [-0.05, 0) is 39.2 Å². The van der Waals surface area contributed by atoms with Crippen LogP contribution in [0.1, 0.15) is 27.1 Å². The second-order valence-electron chi connectivity index (χ2n) is 4.53. The first-order valence-electron chi connectivity index (χ1n) is 5.98. The fraction of sp³-hybridized carbons (Fsp3) is 0.385. The minimum absolute atomic E-state index is 0.315. The lowest BCUT2D eigenvalue weighted by molar-refractivity contribution is 0.0690. The van der Waals surface area contributed by atoms with Gasteiger partial charge in [0.1, 0.15) is 0 Å². The van der Waals surface area contributed by atoms with Gasteiger partial charge < -0.3 is 15.3 Å². The van der Waals surface area contributed by atoms with Gasteiger partial charge in [0.25, 0.3) is 5.91 Å². The summed E-state index contributed by atoms with van der Waals surface area (Å²) in [5.74, 6) is -4.78. The molecule has 2 N–H and O–H groups in total. The summed E-state index contributed by atoms with van der Waals surface area (Å²) < 4.78 is 26.1. The molecule has 1 amide bonds. The van der Waals surface area contributed by atoms with E-state index < -0.39 is 29.1 Å². The Morgan fingerprint density at radius 1 is 1.20 bits per heavy atom. The molecule has 0 aliphatic rings. The van der Waals surface area contributed by atoms with E-state index in [1.807, 2.05) is 19.0 Å². The molecule has 110 valence electrons. The smallest absolute Gasteiger partial charge is 0.336 e. The number of amides is 1. The van der Waals surface area contributed by atoms with Gasteiger partial charge in [0.2, 0.25) is 0 Å². The topological polar surface area (TPSA) is 69.6 Å². The molecule has 0 bridgehead atoms. The van der Waals surface area contributed by atoms with Crippen molar-refractivity contribution < 1.29 is 23.5 Å². The number of hydrogen-bond acceptors (Lipinski definition) is 3. The van der Waals surface area contributed by atoms with Crippen LogP contribution in [0.5, 0.6) is 0 Å². The average molecular weight is 286 g/mol. The molecule has 20 heavy (non-hydrogen) atoms. The maximum atomic E-state index is 13.1. The van der Waals surface area contributed by atoms with Gasteiger partial charge in [0.15, 0.2) is 11.6 Å². The Labute approximate surface area is 115 Å². The number of rotatable bonds is 6. The molecule has 0 saturated carbocycles. The van der Waals surface area contributed by atoms with Gasteiger partial charge >= 0.3 is 5.97 Å². The van der Waals surface area contributed by atoms with Crippen LogP contribution in [0.3, 0.4) is 0 Å². The van der Waals surface area contributed by atoms with Crippen molar-refractivity contribution >= 4 is 11.9 Å². The number of aromatic carboxylic acids is 1. The molecule has 0 aliphatic heterocycles. The highest BCUT2D eigenvalue weighted by molar-refractivity contribution is 6.04. The van der Waals surface area contributed by atoms with E-state index in [4.69, 9.17) is 5.11 Å². The maximum Gasteiger partial charge on any atom is 0.336 e. The number of nitrogens with zero attached hydrogens (tertiary/aromatic N) is 1. The zero-order valence-electron chi connectivity index (χ0n) is 11.2. The molecule has 1 rings (SSSR count). The second-order valence-corrected chi connectivity index (χ2v) is 4.53. The van der Waals surface area contributed by atoms with Crippen molar-refractivity contribution in [1.29, 1.82) is 0 Å². The standard InChI is InChI=1S/C13H16F2N2O3/c1-17(2)5-3-4-16-12(18)8-6-10(14)11(15)7-9(8)13(19)20/h6-7H,3-5H2,1-2H3,(H,16,18)(H,19,20). The van der Waals surface area contributed by atoms with Gasteiger partial charge in [0.05, 0.1) is 11.1 Å². The second kappa shape index (κ2) is 6.95. The van der Waals surface area contributed by atoms with Gasteiger partial charge in [-0.15, -0.1) is 0 Å². The molecule has 1 aromatic carbocycles. The van der Waals surface area contributed by atoms with E-state index in [1.165, 1.54) is 0 Å². The fourth-order valence-corrected chi connectivity index (χ4v) is 1.60. The molecule has 0 unspecified atom stereocenters. The molecule has 0 aliphatic carbocycles. The van der Waals surface area contributed by atoms with E-state index in [1.54, 1.807) is 0 Å². The van der Waals surface area contributed by atoms with Crippen LogP contribution in [0.15, 0.2) is 12.1 Å². The first-order valence-corrected chi connectivity index (χ1v) is 5.98. The molecule has 0 spiro atoms. The Morgan fingerprint density at radius 3 is 2.25 bits per heavy atom. The van der Waals surface area contributed by atoms with Crippen molar-refractivity contribution in [2.75, 3.05) is 27.2 Å². The molecule has 0 atom stereocenters. The summed E-state index contributed by atoms with van der Waals surface area (Å²) in [6.07, 6.45) is 0.658. The fourth-order valence-electron chi connectivity index (χ4n) is 1.60. The average Bonchev–Trinajstić information content (AvgIpc) is 2.36. The Hall–Kier alpha value is -2.02. The SMILES string of the molecule is CN(C)CCCNC(=O)c1cc(F)c(F)cc1C(=O)O. The largest absolute Gasteiger partial charge is 0.478 e. The third-order valence-electron chi connectivity index (χ3n) is 2.60. The number of carboxylic acid groups (broad SMARTS) is 1. The van der Waals surface area contributed by atoms with Gasteiger partial charge in [-0.1, -0.05) is 0 Å². The number of nitrogens with one attached hydrogen (secondary N) is 1. The summed E-state index contributed by atoms with van der Waals surface area (Å²) >= 11 is 0. The summed E-state index contributed by atoms with van der Waals surface area (Å²) in [4.78, 5) is 24.7. The zero-order chi connectivity index (χ0) is 15.3. The van der Waals surface area contributed by atoms with Crippen LogP contribution in [0.4, 0.5) is 8.78 Å². The molecule has 0 heterocycles. The Balaban J connectivity index is 2.81. The highest BCUT2D eigenvalue weighted by atomic mass is 19.2. The van der Waals surface area contributed by atoms with Crippen molar-refractivity contribution in [3.63, 3.8) is 0 Å². The Kier molecular flexibility index (Phi) is 5.57. The van der Waals surface area contributed by atoms with Gasteiger partial charge in [-0.2, -0.15) is 0 Å². The van der Waals surface area contributed by atoms with Gasteiger partial charge in [0, 0.05) is 6.54 Å². The molecule has 0 fully saturated rings. The monoisotopic (exact) mass is 286 g/mol. The number of carbonyl (C=O) groups excluding carboxylic acids is 1. The summed E-state index contributed by atoms with van der Waals surface area (Å²) in [7, 11) is 3.75. The summed E-state index contributed by atoms with van der Waals surface area (Å²) in [6, 6.07) is 1.10. The highest BCUT2D eigenvalue weighted by Gasteiger charge is 2.20. The van der Waals surface area contributed by atoms with Crippen LogP contribution in [0.25, 0.3) is 0 Å². The van der Waals surface area contributed by atoms with Gasteiger partial charge in [-0.3, -0.25) is 4.79 Å². The number of hydrogen-bond donors (Lipinski definition) is 2. The molecule has 1 aromatic rings. The molecule has 0 aromatic heterocycles. The lowest BCUT2D eigenvalue weighted by atomic mass is 10.1. The zero-order valence-corrected chi connectivity index (χ0v) is 11.2. The number of carboxylic acids is 1. The van der Waals surface area contributed by atoms with Crippen LogP contribution in [0.2, 0.25) is 0 Å². The van der Waals surface area contributed by atoms with E-state index >= 15 is 0 Å². The normalized spacial score (nSPS) is 10.7. The predicted molar refractivity (Wildman–Crippen MR) is 68.8 cm³/mol. The molecule has 0 radical (unpaired) electrons. The predicted octanol–water partition coefficient (Wildman–Crippen LogP) is 1.34. The minimum Gasteiger partial charge on any atom is -0.478 e. The van der Waals surface area contributed by atoms with Crippen LogP contribution >= 0.6 is 0 Å². The molecule has 5 nitrogen and oxygen atoms in total. The van der Waals surface area contributed by atoms with Crippen molar-refractivity contribution in [2.24, 2.45) is 0 Å². The first-order chi connectivity index (χ1) is 9.32. The van der Waals surface area contributed by atoms with E-state index in [0.29, 0.717) is 25.1 Å². The van der Waals surface area contributed by atoms with E-state index in [9.17, 15) is 18.4 Å². The molecule has 7 heteroatoms. The Morgan fingerprint density at radius 2 is 1.75 bits per heavy atom. The van der Waals surface area contributed by atoms with Crippen LogP contribution in [0, 0.1) is 11.6 Å². The summed E-state index contributed by atoms with van der Waals surface area (Å²) in [5, 5.41) is 11.4. The third kappa shape index (κ3) is 4.27.